The summed E-state index contributed by atoms with van der Waals surface area (Å²) < 4.78 is 16.8. The Morgan fingerprint density at radius 3 is 1.97 bits per heavy atom. The van der Waals surface area contributed by atoms with Gasteiger partial charge in [-0.3, -0.25) is 9.80 Å². The van der Waals surface area contributed by atoms with Gasteiger partial charge in [0, 0.05) is 38.3 Å². The number of piperazine rings is 1. The smallest absolute Gasteiger partial charge is 0.173 e. The molecule has 1 fully saturated rings. The molecule has 0 amide bonds. The van der Waals surface area contributed by atoms with Crippen molar-refractivity contribution in [1.82, 2.24) is 30.0 Å². The van der Waals surface area contributed by atoms with Crippen LogP contribution in [-0.2, 0) is 13.1 Å². The van der Waals surface area contributed by atoms with Crippen molar-refractivity contribution in [2.45, 2.75) is 19.1 Å². The minimum Gasteiger partial charge on any atom is -0.297 e. The van der Waals surface area contributed by atoms with Gasteiger partial charge >= 0.3 is 0 Å². The average molecular weight is 479 g/mol. The van der Waals surface area contributed by atoms with E-state index >= 15 is 0 Å². The summed E-state index contributed by atoms with van der Waals surface area (Å²) >= 11 is 0. The van der Waals surface area contributed by atoms with E-state index in [1.807, 2.05) is 48.5 Å². The molecule has 0 N–H and O–H groups in total. The summed E-state index contributed by atoms with van der Waals surface area (Å²) in [6, 6.07) is 27.2. The number of hydrogen-bond donors (Lipinski definition) is 0. The fourth-order valence-corrected chi connectivity index (χ4v) is 4.49. The fraction of sp³-hybridized carbons (Fsp3) is 0.269. The first-order valence-electron chi connectivity index (χ1n) is 11.3. The van der Waals surface area contributed by atoms with Gasteiger partial charge in [0.25, 0.3) is 0 Å². The fourth-order valence-electron chi connectivity index (χ4n) is 4.49. The van der Waals surface area contributed by atoms with Gasteiger partial charge in [-0.15, -0.1) is 17.5 Å². The van der Waals surface area contributed by atoms with Gasteiger partial charge in [0.1, 0.15) is 11.9 Å². The Kier molecular flexibility index (Phi) is 8.00. The lowest BCUT2D eigenvalue weighted by Crippen LogP contribution is -2.48. The summed E-state index contributed by atoms with van der Waals surface area (Å²) in [4.78, 5) is 4.74. The van der Waals surface area contributed by atoms with Crippen LogP contribution < -0.4 is 0 Å². The number of rotatable bonds is 7. The van der Waals surface area contributed by atoms with Crippen LogP contribution in [0, 0.1) is 5.82 Å². The van der Waals surface area contributed by atoms with Gasteiger partial charge in [0.05, 0.1) is 6.54 Å². The number of halogens is 2. The van der Waals surface area contributed by atoms with Crippen LogP contribution in [0.1, 0.15) is 28.6 Å². The van der Waals surface area contributed by atoms with Gasteiger partial charge in [0.15, 0.2) is 5.82 Å². The van der Waals surface area contributed by atoms with Gasteiger partial charge in [-0.2, -0.15) is 0 Å². The van der Waals surface area contributed by atoms with E-state index in [1.54, 1.807) is 10.7 Å². The molecular formula is C26H28ClFN6. The van der Waals surface area contributed by atoms with Crippen LogP contribution in [0.2, 0.25) is 0 Å². The largest absolute Gasteiger partial charge is 0.297 e. The van der Waals surface area contributed by atoms with Crippen molar-refractivity contribution < 1.29 is 4.39 Å². The molecule has 2 heterocycles. The predicted octanol–water partition coefficient (Wildman–Crippen LogP) is 4.19. The summed E-state index contributed by atoms with van der Waals surface area (Å²) in [5.74, 6) is 0.434. The lowest BCUT2D eigenvalue weighted by molar-refractivity contribution is 0.0990. The maximum absolute atomic E-state index is 15.0. The molecule has 0 aliphatic carbocycles. The molecule has 1 aliphatic rings. The maximum atomic E-state index is 15.0. The molecule has 1 atom stereocenters. The monoisotopic (exact) mass is 478 g/mol. The Morgan fingerprint density at radius 2 is 1.32 bits per heavy atom. The van der Waals surface area contributed by atoms with Crippen molar-refractivity contribution in [2.75, 3.05) is 26.2 Å². The highest BCUT2D eigenvalue weighted by Gasteiger charge is 2.32. The molecule has 0 spiro atoms. The highest BCUT2D eigenvalue weighted by atomic mass is 35.5. The lowest BCUT2D eigenvalue weighted by atomic mass is 10.0. The van der Waals surface area contributed by atoms with Crippen LogP contribution in [0.15, 0.2) is 84.9 Å². The molecule has 1 aliphatic heterocycles. The van der Waals surface area contributed by atoms with Crippen LogP contribution in [0.4, 0.5) is 4.39 Å². The summed E-state index contributed by atoms with van der Waals surface area (Å²) in [6.07, 6.45) is 0. The number of hydrogen-bond acceptors (Lipinski definition) is 5. The Bertz CT molecular complexity index is 1160. The van der Waals surface area contributed by atoms with Crippen molar-refractivity contribution in [3.05, 3.63) is 113 Å². The van der Waals surface area contributed by atoms with E-state index in [-0.39, 0.29) is 24.3 Å². The zero-order valence-electron chi connectivity index (χ0n) is 18.9. The van der Waals surface area contributed by atoms with Crippen molar-refractivity contribution in [2.24, 2.45) is 0 Å². The summed E-state index contributed by atoms with van der Waals surface area (Å²) in [7, 11) is 0. The van der Waals surface area contributed by atoms with Gasteiger partial charge in [-0.1, -0.05) is 78.9 Å². The zero-order chi connectivity index (χ0) is 22.5. The summed E-state index contributed by atoms with van der Waals surface area (Å²) in [5.41, 5.74) is 3.02. The first kappa shape index (κ1) is 24.0. The van der Waals surface area contributed by atoms with Gasteiger partial charge < -0.3 is 0 Å². The Hall–Kier alpha value is -3.13. The van der Waals surface area contributed by atoms with Crippen molar-refractivity contribution in [3.8, 4) is 0 Å². The number of tetrazole rings is 1. The Balaban J connectivity index is 0.00000274. The molecule has 176 valence electrons. The third-order valence-electron chi connectivity index (χ3n) is 6.20. The van der Waals surface area contributed by atoms with Crippen molar-refractivity contribution >= 4 is 12.4 Å². The minimum atomic E-state index is -0.344. The normalized spacial score (nSPS) is 15.6. The second-order valence-corrected chi connectivity index (χ2v) is 8.40. The van der Waals surface area contributed by atoms with Gasteiger partial charge in [-0.25, -0.2) is 9.07 Å². The molecular weight excluding hydrogens is 451 g/mol. The van der Waals surface area contributed by atoms with Crippen LogP contribution in [0.25, 0.3) is 0 Å². The molecule has 1 unspecified atom stereocenters. The molecule has 0 bridgehead atoms. The molecule has 1 saturated heterocycles. The minimum absolute atomic E-state index is 0. The summed E-state index contributed by atoms with van der Waals surface area (Å²) in [5, 5.41) is 12.6. The molecule has 1 aromatic heterocycles. The van der Waals surface area contributed by atoms with E-state index in [1.165, 1.54) is 11.6 Å². The van der Waals surface area contributed by atoms with E-state index in [9.17, 15) is 4.39 Å². The van der Waals surface area contributed by atoms with Crippen LogP contribution in [0.3, 0.4) is 0 Å². The lowest BCUT2D eigenvalue weighted by Gasteiger charge is -2.39. The number of nitrogens with zero attached hydrogens (tertiary/aromatic N) is 6. The second kappa shape index (κ2) is 11.3. The first-order valence-corrected chi connectivity index (χ1v) is 11.3. The van der Waals surface area contributed by atoms with Gasteiger partial charge in [0.2, 0.25) is 0 Å². The topological polar surface area (TPSA) is 50.1 Å². The zero-order valence-corrected chi connectivity index (χ0v) is 19.7. The van der Waals surface area contributed by atoms with E-state index in [4.69, 9.17) is 0 Å². The molecule has 0 saturated carbocycles. The molecule has 6 nitrogen and oxygen atoms in total. The SMILES string of the molecule is Cl.Fc1ccccc1C(c1nnnn1Cc1ccccc1)N1CCN(Cc2ccccc2)CC1. The molecule has 34 heavy (non-hydrogen) atoms. The molecule has 3 aromatic carbocycles. The highest BCUT2D eigenvalue weighted by molar-refractivity contribution is 5.85. The van der Waals surface area contributed by atoms with Gasteiger partial charge in [-0.05, 0) is 27.6 Å². The van der Waals surface area contributed by atoms with Crippen LogP contribution in [-0.4, -0.2) is 56.2 Å². The third-order valence-corrected chi connectivity index (χ3v) is 6.20. The molecule has 4 aromatic rings. The molecule has 8 heteroatoms. The quantitative estimate of drug-likeness (QED) is 0.398. The maximum Gasteiger partial charge on any atom is 0.173 e. The second-order valence-electron chi connectivity index (χ2n) is 8.40. The predicted molar refractivity (Wildman–Crippen MR) is 132 cm³/mol. The molecule has 0 radical (unpaired) electrons. The standard InChI is InChI=1S/C26H27FN6.ClH/c27-24-14-8-7-13-23(24)25(26-28-29-30-33(26)20-22-11-5-2-6-12-22)32-17-15-31(16-18-32)19-21-9-3-1-4-10-21;/h1-14,25H,15-20H2;1H. The van der Waals surface area contributed by atoms with Crippen molar-refractivity contribution in [1.29, 1.82) is 0 Å². The van der Waals surface area contributed by atoms with Crippen molar-refractivity contribution in [3.63, 3.8) is 0 Å². The van der Waals surface area contributed by atoms with E-state index in [0.717, 1.165) is 38.3 Å². The number of benzene rings is 3. The van der Waals surface area contributed by atoms with E-state index < -0.39 is 0 Å². The van der Waals surface area contributed by atoms with Crippen LogP contribution in [0.5, 0.6) is 0 Å². The highest BCUT2D eigenvalue weighted by Crippen LogP contribution is 2.30. The summed E-state index contributed by atoms with van der Waals surface area (Å²) in [6.45, 7) is 4.89. The van der Waals surface area contributed by atoms with Crippen LogP contribution >= 0.6 is 12.4 Å². The molecule has 5 rings (SSSR count). The van der Waals surface area contributed by atoms with E-state index in [2.05, 4.69) is 49.6 Å². The third kappa shape index (κ3) is 5.50. The first-order chi connectivity index (χ1) is 16.3. The van der Waals surface area contributed by atoms with E-state index in [0.29, 0.717) is 17.9 Å². The Morgan fingerprint density at radius 1 is 0.735 bits per heavy atom. The Labute approximate surface area is 205 Å². The average Bonchev–Trinajstić information content (AvgIpc) is 3.30. The number of aromatic nitrogens is 4.